The molecule has 0 unspecified atom stereocenters. The van der Waals surface area contributed by atoms with E-state index < -0.39 is 15.9 Å². The number of para-hydroxylation sites is 1. The molecule has 0 aliphatic carbocycles. The van der Waals surface area contributed by atoms with Crippen molar-refractivity contribution in [2.45, 2.75) is 11.8 Å². The zero-order valence-electron chi connectivity index (χ0n) is 10.8. The molecule has 2 rings (SSSR count). The van der Waals surface area contributed by atoms with Gasteiger partial charge in [-0.1, -0.05) is 30.3 Å². The number of carbonyl (C=O) groups excluding carboxylic acids is 1. The molecule has 5 nitrogen and oxygen atoms in total. The molecule has 0 aromatic heterocycles. The summed E-state index contributed by atoms with van der Waals surface area (Å²) in [7, 11) is -3.76. The van der Waals surface area contributed by atoms with Crippen molar-refractivity contribution in [1.82, 2.24) is 0 Å². The smallest absolute Gasteiger partial charge is 0.262 e. The molecule has 0 atom stereocenters. The van der Waals surface area contributed by atoms with Crippen LogP contribution < -0.4 is 10.5 Å². The number of amides is 1. The van der Waals surface area contributed by atoms with Crippen molar-refractivity contribution in [2.24, 2.45) is 5.73 Å². The van der Waals surface area contributed by atoms with Gasteiger partial charge in [-0.2, -0.15) is 0 Å². The molecule has 0 bridgehead atoms. The average molecular weight is 290 g/mol. The molecule has 0 heterocycles. The summed E-state index contributed by atoms with van der Waals surface area (Å²) < 4.78 is 27.1. The second-order valence-electron chi connectivity index (χ2n) is 4.28. The molecule has 0 aliphatic heterocycles. The molecule has 0 fully saturated rings. The Morgan fingerprint density at radius 1 is 1.05 bits per heavy atom. The summed E-state index contributed by atoms with van der Waals surface area (Å²) in [5.74, 6) is -0.687. The van der Waals surface area contributed by atoms with Gasteiger partial charge in [0.15, 0.2) is 0 Å². The van der Waals surface area contributed by atoms with Crippen LogP contribution in [0.1, 0.15) is 15.9 Å². The first-order valence-electron chi connectivity index (χ1n) is 5.89. The molecule has 20 heavy (non-hydrogen) atoms. The number of sulfonamides is 1. The van der Waals surface area contributed by atoms with Crippen LogP contribution in [0.3, 0.4) is 0 Å². The Bertz CT molecular complexity index is 755. The van der Waals surface area contributed by atoms with Crippen LogP contribution in [0.15, 0.2) is 53.4 Å². The van der Waals surface area contributed by atoms with Crippen molar-refractivity contribution in [3.8, 4) is 0 Å². The largest absolute Gasteiger partial charge is 0.366 e. The van der Waals surface area contributed by atoms with E-state index >= 15 is 0 Å². The first-order chi connectivity index (χ1) is 9.42. The van der Waals surface area contributed by atoms with E-state index in [0.29, 0.717) is 5.56 Å². The van der Waals surface area contributed by atoms with E-state index in [2.05, 4.69) is 4.72 Å². The lowest BCUT2D eigenvalue weighted by Crippen LogP contribution is -2.19. The maximum absolute atomic E-state index is 12.3. The van der Waals surface area contributed by atoms with Gasteiger partial charge in [-0.25, -0.2) is 8.42 Å². The molecule has 0 saturated heterocycles. The topological polar surface area (TPSA) is 89.3 Å². The number of aryl methyl sites for hydroxylation is 1. The molecule has 2 aromatic carbocycles. The number of nitrogens with two attached hydrogens (primary N) is 1. The Morgan fingerprint density at radius 3 is 2.30 bits per heavy atom. The van der Waals surface area contributed by atoms with Gasteiger partial charge in [0.05, 0.1) is 16.1 Å². The van der Waals surface area contributed by atoms with Crippen molar-refractivity contribution in [2.75, 3.05) is 4.72 Å². The fourth-order valence-electron chi connectivity index (χ4n) is 1.84. The van der Waals surface area contributed by atoms with Crippen molar-refractivity contribution in [3.63, 3.8) is 0 Å². The van der Waals surface area contributed by atoms with Gasteiger partial charge in [-0.05, 0) is 30.7 Å². The monoisotopic (exact) mass is 290 g/mol. The lowest BCUT2D eigenvalue weighted by atomic mass is 10.2. The number of hydrogen-bond acceptors (Lipinski definition) is 3. The van der Waals surface area contributed by atoms with E-state index in [1.807, 2.05) is 0 Å². The number of benzene rings is 2. The fourth-order valence-corrected chi connectivity index (χ4v) is 3.17. The van der Waals surface area contributed by atoms with E-state index in [1.165, 1.54) is 18.2 Å². The maximum atomic E-state index is 12.3. The summed E-state index contributed by atoms with van der Waals surface area (Å²) in [6, 6.07) is 12.8. The minimum atomic E-state index is -3.76. The third kappa shape index (κ3) is 2.80. The predicted molar refractivity (Wildman–Crippen MR) is 76.9 cm³/mol. The van der Waals surface area contributed by atoms with E-state index in [4.69, 9.17) is 5.73 Å². The Morgan fingerprint density at radius 2 is 1.65 bits per heavy atom. The van der Waals surface area contributed by atoms with Crippen LogP contribution in [0, 0.1) is 6.92 Å². The van der Waals surface area contributed by atoms with Crippen molar-refractivity contribution >= 4 is 21.6 Å². The molecular formula is C14H14N2O3S. The third-order valence-electron chi connectivity index (χ3n) is 2.82. The van der Waals surface area contributed by atoms with Gasteiger partial charge in [0.25, 0.3) is 15.9 Å². The number of hydrogen-bond donors (Lipinski definition) is 2. The lowest BCUT2D eigenvalue weighted by Gasteiger charge is -2.12. The van der Waals surface area contributed by atoms with Crippen LogP contribution >= 0.6 is 0 Å². The Kier molecular flexibility index (Phi) is 3.76. The van der Waals surface area contributed by atoms with Crippen LogP contribution in [-0.4, -0.2) is 14.3 Å². The normalized spacial score (nSPS) is 11.1. The SMILES string of the molecule is Cc1ccccc1S(=O)(=O)Nc1ccccc1C(N)=O. The zero-order chi connectivity index (χ0) is 14.8. The first kappa shape index (κ1) is 14.1. The Labute approximate surface area is 117 Å². The molecule has 0 saturated carbocycles. The van der Waals surface area contributed by atoms with Gasteiger partial charge < -0.3 is 5.73 Å². The second-order valence-corrected chi connectivity index (χ2v) is 5.93. The molecule has 2 aromatic rings. The van der Waals surface area contributed by atoms with Crippen LogP contribution in [0.4, 0.5) is 5.69 Å². The predicted octanol–water partition coefficient (Wildman–Crippen LogP) is 1.89. The van der Waals surface area contributed by atoms with Crippen molar-refractivity contribution in [3.05, 3.63) is 59.7 Å². The van der Waals surface area contributed by atoms with Gasteiger partial charge in [-0.15, -0.1) is 0 Å². The van der Waals surface area contributed by atoms with Gasteiger partial charge >= 0.3 is 0 Å². The summed E-state index contributed by atoms with van der Waals surface area (Å²) in [4.78, 5) is 11.5. The van der Waals surface area contributed by atoms with Gasteiger partial charge in [0.2, 0.25) is 0 Å². The second kappa shape index (κ2) is 5.34. The summed E-state index contributed by atoms with van der Waals surface area (Å²) in [6.07, 6.45) is 0. The van der Waals surface area contributed by atoms with Crippen LogP contribution in [0.2, 0.25) is 0 Å². The molecule has 3 N–H and O–H groups in total. The highest BCUT2D eigenvalue weighted by Gasteiger charge is 2.18. The van der Waals surface area contributed by atoms with Crippen LogP contribution in [0.5, 0.6) is 0 Å². The van der Waals surface area contributed by atoms with Gasteiger partial charge in [0.1, 0.15) is 0 Å². The summed E-state index contributed by atoms with van der Waals surface area (Å²) >= 11 is 0. The van der Waals surface area contributed by atoms with E-state index in [-0.39, 0.29) is 16.1 Å². The van der Waals surface area contributed by atoms with E-state index in [1.54, 1.807) is 37.3 Å². The van der Waals surface area contributed by atoms with Crippen molar-refractivity contribution in [1.29, 1.82) is 0 Å². The molecule has 0 aliphatic rings. The quantitative estimate of drug-likeness (QED) is 0.901. The van der Waals surface area contributed by atoms with E-state index in [0.717, 1.165) is 0 Å². The summed E-state index contributed by atoms with van der Waals surface area (Å²) in [6.45, 7) is 1.70. The summed E-state index contributed by atoms with van der Waals surface area (Å²) in [5, 5.41) is 0. The minimum Gasteiger partial charge on any atom is -0.366 e. The van der Waals surface area contributed by atoms with Crippen LogP contribution in [-0.2, 0) is 10.0 Å². The number of rotatable bonds is 4. The minimum absolute atomic E-state index is 0.129. The standard InChI is InChI=1S/C14H14N2O3S/c1-10-6-2-5-9-13(10)20(18,19)16-12-8-4-3-7-11(12)14(15)17/h2-9,16H,1H3,(H2,15,17). The van der Waals surface area contributed by atoms with Crippen molar-refractivity contribution < 1.29 is 13.2 Å². The fraction of sp³-hybridized carbons (Fsp3) is 0.0714. The van der Waals surface area contributed by atoms with Gasteiger partial charge in [0, 0.05) is 0 Å². The molecule has 104 valence electrons. The van der Waals surface area contributed by atoms with Crippen LogP contribution in [0.25, 0.3) is 0 Å². The third-order valence-corrected chi connectivity index (χ3v) is 4.35. The average Bonchev–Trinajstić information content (AvgIpc) is 2.39. The Balaban J connectivity index is 2.45. The highest BCUT2D eigenvalue weighted by molar-refractivity contribution is 7.92. The summed E-state index contributed by atoms with van der Waals surface area (Å²) in [5.41, 5.74) is 6.15. The van der Waals surface area contributed by atoms with E-state index in [9.17, 15) is 13.2 Å². The number of anilines is 1. The molecule has 0 radical (unpaired) electrons. The highest BCUT2D eigenvalue weighted by Crippen LogP contribution is 2.21. The molecule has 0 spiro atoms. The molecular weight excluding hydrogens is 276 g/mol. The number of carbonyl (C=O) groups is 1. The number of primary amides is 1. The molecule has 1 amide bonds. The maximum Gasteiger partial charge on any atom is 0.262 e. The van der Waals surface area contributed by atoms with Gasteiger partial charge in [-0.3, -0.25) is 9.52 Å². The lowest BCUT2D eigenvalue weighted by molar-refractivity contribution is 0.100. The Hall–Kier alpha value is -2.34. The highest BCUT2D eigenvalue weighted by atomic mass is 32.2. The number of nitrogens with one attached hydrogen (secondary N) is 1. The molecule has 6 heteroatoms. The first-order valence-corrected chi connectivity index (χ1v) is 7.37. The zero-order valence-corrected chi connectivity index (χ0v) is 11.6.